The average molecular weight is 406 g/mol. The number of benzene rings is 2. The van der Waals surface area contributed by atoms with Gasteiger partial charge >= 0.3 is 6.03 Å². The van der Waals surface area contributed by atoms with Crippen LogP contribution in [-0.2, 0) is 10.3 Å². The summed E-state index contributed by atoms with van der Waals surface area (Å²) in [6, 6.07) is 11.7. The molecule has 128 valence electrons. The lowest BCUT2D eigenvalue weighted by Crippen LogP contribution is -2.48. The van der Waals surface area contributed by atoms with Gasteiger partial charge in [0.2, 0.25) is 0 Å². The summed E-state index contributed by atoms with van der Waals surface area (Å²) in [6.45, 7) is 1.54. The third kappa shape index (κ3) is 3.00. The first-order valence-corrected chi connectivity index (χ1v) is 8.10. The number of hydrogen-bond acceptors (Lipinski definition) is 3. The van der Waals surface area contributed by atoms with Gasteiger partial charge in [-0.3, -0.25) is 15.0 Å². The second-order valence-corrected chi connectivity index (χ2v) is 6.54. The lowest BCUT2D eigenvalue weighted by Gasteiger charge is -2.22. The lowest BCUT2D eigenvalue weighted by atomic mass is 9.92. The monoisotopic (exact) mass is 405 g/mol. The van der Waals surface area contributed by atoms with Crippen LogP contribution in [-0.4, -0.2) is 22.9 Å². The zero-order valence-corrected chi connectivity index (χ0v) is 14.6. The zero-order chi connectivity index (χ0) is 18.2. The Morgan fingerprint density at radius 1 is 1.20 bits per heavy atom. The molecule has 0 saturated carbocycles. The molecular weight excluding hydrogens is 393 g/mol. The quantitative estimate of drug-likeness (QED) is 0.770. The van der Waals surface area contributed by atoms with Crippen LogP contribution in [0.2, 0.25) is 0 Å². The molecule has 0 aromatic heterocycles. The molecule has 1 unspecified atom stereocenters. The molecule has 1 fully saturated rings. The highest BCUT2D eigenvalue weighted by molar-refractivity contribution is 9.10. The van der Waals surface area contributed by atoms with Crippen LogP contribution in [0.15, 0.2) is 53.0 Å². The van der Waals surface area contributed by atoms with Crippen LogP contribution >= 0.6 is 15.9 Å². The Bertz CT molecular complexity index is 875. The van der Waals surface area contributed by atoms with Crippen molar-refractivity contribution < 1.29 is 18.8 Å². The molecule has 1 heterocycles. The van der Waals surface area contributed by atoms with Crippen molar-refractivity contribution in [2.75, 3.05) is 0 Å². The molecule has 0 radical (unpaired) electrons. The fraction of sp³-hybridized carbons (Fsp3) is 0.118. The van der Waals surface area contributed by atoms with Gasteiger partial charge in [0.15, 0.2) is 0 Å². The molecule has 2 aromatic rings. The maximum absolute atomic E-state index is 13.9. The predicted molar refractivity (Wildman–Crippen MR) is 90.7 cm³/mol. The Morgan fingerprint density at radius 3 is 2.52 bits per heavy atom. The smallest absolute Gasteiger partial charge is 0.318 e. The number of nitrogens with zero attached hydrogens (tertiary/aromatic N) is 1. The van der Waals surface area contributed by atoms with Crippen molar-refractivity contribution in [3.05, 3.63) is 69.9 Å². The first-order chi connectivity index (χ1) is 11.8. The Labute approximate surface area is 151 Å². The fourth-order valence-corrected chi connectivity index (χ4v) is 2.88. The summed E-state index contributed by atoms with van der Waals surface area (Å²) in [7, 11) is 0. The molecule has 25 heavy (non-hydrogen) atoms. The molecule has 3 rings (SSSR count). The van der Waals surface area contributed by atoms with Crippen molar-refractivity contribution in [1.82, 2.24) is 15.8 Å². The predicted octanol–water partition coefficient (Wildman–Crippen LogP) is 2.70. The molecule has 1 aliphatic rings. The van der Waals surface area contributed by atoms with E-state index in [1.54, 1.807) is 30.3 Å². The van der Waals surface area contributed by atoms with E-state index in [4.69, 9.17) is 0 Å². The molecule has 2 N–H and O–H groups in total. The highest BCUT2D eigenvalue weighted by Gasteiger charge is 2.50. The van der Waals surface area contributed by atoms with Crippen LogP contribution in [0.25, 0.3) is 0 Å². The standard InChI is InChI=1S/C17H13BrFN3O3/c1-17(10-5-3-2-4-6-10)15(24)22(16(25)20-17)21-14(23)12-8-7-11(18)9-13(12)19/h2-9H,1H3,(H,20,25)(H,21,23). The molecule has 2 aromatic carbocycles. The second-order valence-electron chi connectivity index (χ2n) is 5.63. The van der Waals surface area contributed by atoms with Crippen LogP contribution in [0.4, 0.5) is 9.18 Å². The molecule has 0 bridgehead atoms. The summed E-state index contributed by atoms with van der Waals surface area (Å²) in [5.74, 6) is -2.33. The van der Waals surface area contributed by atoms with E-state index in [2.05, 4.69) is 26.7 Å². The molecule has 1 aliphatic heterocycles. The van der Waals surface area contributed by atoms with Crippen molar-refractivity contribution >= 4 is 33.8 Å². The number of halogens is 2. The van der Waals surface area contributed by atoms with Crippen molar-refractivity contribution in [3.63, 3.8) is 0 Å². The van der Waals surface area contributed by atoms with Crippen molar-refractivity contribution in [3.8, 4) is 0 Å². The molecular formula is C17H13BrFN3O3. The Kier molecular flexibility index (Phi) is 4.30. The second kappa shape index (κ2) is 6.29. The van der Waals surface area contributed by atoms with E-state index in [0.29, 0.717) is 15.0 Å². The van der Waals surface area contributed by atoms with Gasteiger partial charge in [-0.15, -0.1) is 0 Å². The summed E-state index contributed by atoms with van der Waals surface area (Å²) in [5.41, 5.74) is 1.13. The molecule has 8 heteroatoms. The number of amides is 4. The number of imide groups is 1. The van der Waals surface area contributed by atoms with E-state index in [1.165, 1.54) is 19.1 Å². The van der Waals surface area contributed by atoms with Gasteiger partial charge in [0.1, 0.15) is 11.4 Å². The van der Waals surface area contributed by atoms with Gasteiger partial charge in [-0.05, 0) is 30.7 Å². The number of hydrazine groups is 1. The van der Waals surface area contributed by atoms with Gasteiger partial charge in [-0.1, -0.05) is 46.3 Å². The summed E-state index contributed by atoms with van der Waals surface area (Å²) in [5, 5.41) is 3.11. The van der Waals surface area contributed by atoms with Gasteiger partial charge in [-0.25, -0.2) is 9.18 Å². The first-order valence-electron chi connectivity index (χ1n) is 7.31. The van der Waals surface area contributed by atoms with E-state index in [-0.39, 0.29) is 5.56 Å². The minimum atomic E-state index is -1.32. The van der Waals surface area contributed by atoms with Crippen LogP contribution in [0, 0.1) is 5.82 Å². The number of urea groups is 1. The highest BCUT2D eigenvalue weighted by atomic mass is 79.9. The molecule has 0 spiro atoms. The largest absolute Gasteiger partial charge is 0.344 e. The van der Waals surface area contributed by atoms with Crippen molar-refractivity contribution in [2.45, 2.75) is 12.5 Å². The van der Waals surface area contributed by atoms with Crippen LogP contribution in [0.3, 0.4) is 0 Å². The number of rotatable bonds is 3. The molecule has 0 aliphatic carbocycles. The summed E-state index contributed by atoms with van der Waals surface area (Å²) in [4.78, 5) is 37.1. The molecule has 4 amide bonds. The molecule has 6 nitrogen and oxygen atoms in total. The fourth-order valence-electron chi connectivity index (χ4n) is 2.54. The zero-order valence-electron chi connectivity index (χ0n) is 13.0. The van der Waals surface area contributed by atoms with Gasteiger partial charge in [-0.2, -0.15) is 5.01 Å². The van der Waals surface area contributed by atoms with Gasteiger partial charge < -0.3 is 5.32 Å². The maximum atomic E-state index is 13.9. The topological polar surface area (TPSA) is 78.5 Å². The number of carbonyl (C=O) groups excluding carboxylic acids is 3. The summed E-state index contributed by atoms with van der Waals surface area (Å²) < 4.78 is 14.4. The number of nitrogens with one attached hydrogen (secondary N) is 2. The molecule has 1 saturated heterocycles. The minimum Gasteiger partial charge on any atom is -0.318 e. The van der Waals surface area contributed by atoms with E-state index in [9.17, 15) is 18.8 Å². The van der Waals surface area contributed by atoms with E-state index >= 15 is 0 Å². The Hall–Kier alpha value is -2.74. The van der Waals surface area contributed by atoms with E-state index in [1.807, 2.05) is 0 Å². The Morgan fingerprint density at radius 2 is 1.88 bits per heavy atom. The number of carbonyl (C=O) groups is 3. The van der Waals surface area contributed by atoms with Crippen LogP contribution in [0.5, 0.6) is 0 Å². The average Bonchev–Trinajstić information content (AvgIpc) is 2.80. The third-order valence-corrected chi connectivity index (χ3v) is 4.42. The Balaban J connectivity index is 1.85. The summed E-state index contributed by atoms with van der Waals surface area (Å²) in [6.07, 6.45) is 0. The van der Waals surface area contributed by atoms with Gasteiger partial charge in [0.25, 0.3) is 11.8 Å². The van der Waals surface area contributed by atoms with Crippen molar-refractivity contribution in [2.24, 2.45) is 0 Å². The highest BCUT2D eigenvalue weighted by Crippen LogP contribution is 2.27. The van der Waals surface area contributed by atoms with E-state index in [0.717, 1.165) is 6.07 Å². The summed E-state index contributed by atoms with van der Waals surface area (Å²) >= 11 is 3.09. The van der Waals surface area contributed by atoms with Crippen LogP contribution in [0.1, 0.15) is 22.8 Å². The SMILES string of the molecule is CC1(c2ccccc2)NC(=O)N(NC(=O)c2ccc(Br)cc2F)C1=O. The number of hydrogen-bond donors (Lipinski definition) is 2. The molecule has 1 atom stereocenters. The van der Waals surface area contributed by atoms with Crippen LogP contribution < -0.4 is 10.7 Å². The maximum Gasteiger partial charge on any atom is 0.344 e. The normalized spacial score (nSPS) is 19.7. The first kappa shape index (κ1) is 17.1. The lowest BCUT2D eigenvalue weighted by molar-refractivity contribution is -0.132. The van der Waals surface area contributed by atoms with Gasteiger partial charge in [0, 0.05) is 4.47 Å². The van der Waals surface area contributed by atoms with E-state index < -0.39 is 29.2 Å². The third-order valence-electron chi connectivity index (χ3n) is 3.93. The van der Waals surface area contributed by atoms with Gasteiger partial charge in [0.05, 0.1) is 5.56 Å². The minimum absolute atomic E-state index is 0.280. The van der Waals surface area contributed by atoms with Crippen molar-refractivity contribution in [1.29, 1.82) is 0 Å².